The largest absolute Gasteiger partial charge is 0.356 e. The van der Waals surface area contributed by atoms with Gasteiger partial charge in [-0.25, -0.2) is 0 Å². The van der Waals surface area contributed by atoms with Crippen LogP contribution in [0.1, 0.15) is 66.2 Å². The Bertz CT molecular complexity index is 270. The quantitative estimate of drug-likeness (QED) is 0.752. The Hall–Kier alpha value is -0.570. The summed E-state index contributed by atoms with van der Waals surface area (Å²) in [5.74, 6) is 1.01. The van der Waals surface area contributed by atoms with Gasteiger partial charge < -0.3 is 10.6 Å². The molecule has 19 heavy (non-hydrogen) atoms. The summed E-state index contributed by atoms with van der Waals surface area (Å²) in [6.07, 6.45) is 7.13. The van der Waals surface area contributed by atoms with Gasteiger partial charge in [0.25, 0.3) is 0 Å². The maximum absolute atomic E-state index is 11.4. The lowest BCUT2D eigenvalue weighted by atomic mass is 9.76. The summed E-state index contributed by atoms with van der Waals surface area (Å²) in [5, 5.41) is 6.41. The number of hydrogen-bond donors (Lipinski definition) is 2. The van der Waals surface area contributed by atoms with E-state index in [1.165, 1.54) is 32.1 Å². The highest BCUT2D eigenvalue weighted by Gasteiger charge is 2.27. The minimum Gasteiger partial charge on any atom is -0.356 e. The second kappa shape index (κ2) is 7.88. The highest BCUT2D eigenvalue weighted by atomic mass is 16.1. The van der Waals surface area contributed by atoms with Crippen LogP contribution in [0.25, 0.3) is 0 Å². The van der Waals surface area contributed by atoms with E-state index in [4.69, 9.17) is 0 Å². The van der Waals surface area contributed by atoms with Crippen LogP contribution in [0.4, 0.5) is 0 Å². The standard InChI is InChI=1S/C16H32N2O/c1-5-17-15(19)11-12-18-14-8-6-7-13(9-10-14)16(2,3)4/h13-14,18H,5-12H2,1-4H3,(H,17,19). The lowest BCUT2D eigenvalue weighted by Crippen LogP contribution is -2.33. The van der Waals surface area contributed by atoms with Gasteiger partial charge >= 0.3 is 0 Å². The van der Waals surface area contributed by atoms with Gasteiger partial charge in [-0.05, 0) is 43.9 Å². The molecule has 0 spiro atoms. The molecule has 0 bridgehead atoms. The molecule has 1 amide bonds. The summed E-state index contributed by atoms with van der Waals surface area (Å²) < 4.78 is 0. The van der Waals surface area contributed by atoms with Crippen LogP contribution in [-0.4, -0.2) is 25.0 Å². The molecule has 3 nitrogen and oxygen atoms in total. The molecule has 0 heterocycles. The molecule has 1 aliphatic carbocycles. The summed E-state index contributed by atoms with van der Waals surface area (Å²) in [4.78, 5) is 11.4. The number of amides is 1. The number of carbonyl (C=O) groups is 1. The third-order valence-corrected chi connectivity index (χ3v) is 4.35. The lowest BCUT2D eigenvalue weighted by molar-refractivity contribution is -0.120. The van der Waals surface area contributed by atoms with Crippen LogP contribution >= 0.6 is 0 Å². The zero-order valence-corrected chi connectivity index (χ0v) is 13.2. The van der Waals surface area contributed by atoms with Gasteiger partial charge in [0.2, 0.25) is 5.91 Å². The molecule has 0 aromatic carbocycles. The van der Waals surface area contributed by atoms with Crippen molar-refractivity contribution in [3.8, 4) is 0 Å². The van der Waals surface area contributed by atoms with Gasteiger partial charge in [-0.15, -0.1) is 0 Å². The fourth-order valence-electron chi connectivity index (χ4n) is 3.05. The Kier molecular flexibility index (Phi) is 6.84. The van der Waals surface area contributed by atoms with Crippen LogP contribution in [-0.2, 0) is 4.79 Å². The number of carbonyl (C=O) groups excluding carboxylic acids is 1. The molecule has 3 heteroatoms. The van der Waals surface area contributed by atoms with Crippen molar-refractivity contribution >= 4 is 5.91 Å². The Labute approximate surface area is 118 Å². The molecule has 2 atom stereocenters. The molecular formula is C16H32N2O. The van der Waals surface area contributed by atoms with Crippen molar-refractivity contribution in [2.45, 2.75) is 72.3 Å². The van der Waals surface area contributed by atoms with Crippen molar-refractivity contribution in [1.82, 2.24) is 10.6 Å². The number of rotatable bonds is 5. The predicted octanol–water partition coefficient (Wildman–Crippen LogP) is 3.10. The monoisotopic (exact) mass is 268 g/mol. The number of hydrogen-bond acceptors (Lipinski definition) is 2. The summed E-state index contributed by atoms with van der Waals surface area (Å²) >= 11 is 0. The Morgan fingerprint density at radius 1 is 1.16 bits per heavy atom. The Balaban J connectivity index is 2.24. The second-order valence-corrected chi connectivity index (χ2v) is 6.93. The van der Waals surface area contributed by atoms with E-state index >= 15 is 0 Å². The van der Waals surface area contributed by atoms with E-state index < -0.39 is 0 Å². The first-order chi connectivity index (χ1) is 8.93. The van der Waals surface area contributed by atoms with E-state index in [9.17, 15) is 4.79 Å². The molecule has 0 aromatic rings. The molecule has 0 aromatic heterocycles. The molecular weight excluding hydrogens is 236 g/mol. The molecule has 1 rings (SSSR count). The normalized spacial score (nSPS) is 24.8. The second-order valence-electron chi connectivity index (χ2n) is 6.93. The minimum absolute atomic E-state index is 0.163. The predicted molar refractivity (Wildman–Crippen MR) is 81.1 cm³/mol. The van der Waals surface area contributed by atoms with Crippen LogP contribution in [0.2, 0.25) is 0 Å². The van der Waals surface area contributed by atoms with Crippen LogP contribution in [0.3, 0.4) is 0 Å². The molecule has 2 unspecified atom stereocenters. The fraction of sp³-hybridized carbons (Fsp3) is 0.938. The Morgan fingerprint density at radius 3 is 2.53 bits per heavy atom. The van der Waals surface area contributed by atoms with E-state index in [0.29, 0.717) is 17.9 Å². The first-order valence-electron chi connectivity index (χ1n) is 7.93. The fourth-order valence-corrected chi connectivity index (χ4v) is 3.05. The third-order valence-electron chi connectivity index (χ3n) is 4.35. The van der Waals surface area contributed by atoms with Gasteiger partial charge in [-0.2, -0.15) is 0 Å². The maximum Gasteiger partial charge on any atom is 0.221 e. The minimum atomic E-state index is 0.163. The van der Waals surface area contributed by atoms with Gasteiger partial charge in [-0.1, -0.05) is 27.2 Å². The van der Waals surface area contributed by atoms with Crippen molar-refractivity contribution in [2.75, 3.05) is 13.1 Å². The third kappa shape index (κ3) is 6.42. The maximum atomic E-state index is 11.4. The molecule has 1 aliphatic rings. The first kappa shape index (κ1) is 16.5. The molecule has 1 fully saturated rings. The zero-order valence-electron chi connectivity index (χ0n) is 13.2. The van der Waals surface area contributed by atoms with Crippen molar-refractivity contribution in [3.63, 3.8) is 0 Å². The summed E-state index contributed by atoms with van der Waals surface area (Å²) in [6, 6.07) is 0.613. The van der Waals surface area contributed by atoms with Crippen LogP contribution in [0.5, 0.6) is 0 Å². The SMILES string of the molecule is CCNC(=O)CCNC1CCCC(C(C)(C)C)CC1. The summed E-state index contributed by atoms with van der Waals surface area (Å²) in [5.41, 5.74) is 0.440. The highest BCUT2D eigenvalue weighted by molar-refractivity contribution is 5.75. The molecule has 1 saturated carbocycles. The van der Waals surface area contributed by atoms with E-state index in [1.807, 2.05) is 6.92 Å². The van der Waals surface area contributed by atoms with Crippen molar-refractivity contribution in [3.05, 3.63) is 0 Å². The van der Waals surface area contributed by atoms with Crippen LogP contribution in [0.15, 0.2) is 0 Å². The van der Waals surface area contributed by atoms with Crippen LogP contribution in [0, 0.1) is 11.3 Å². The van der Waals surface area contributed by atoms with Crippen molar-refractivity contribution < 1.29 is 4.79 Å². The van der Waals surface area contributed by atoms with E-state index in [1.54, 1.807) is 0 Å². The van der Waals surface area contributed by atoms with Gasteiger partial charge in [0.15, 0.2) is 0 Å². The van der Waals surface area contributed by atoms with Gasteiger partial charge in [-0.3, -0.25) is 4.79 Å². The van der Waals surface area contributed by atoms with Gasteiger partial charge in [0, 0.05) is 25.6 Å². The smallest absolute Gasteiger partial charge is 0.221 e. The zero-order chi connectivity index (χ0) is 14.3. The van der Waals surface area contributed by atoms with E-state index in [0.717, 1.165) is 19.0 Å². The van der Waals surface area contributed by atoms with Gasteiger partial charge in [0.1, 0.15) is 0 Å². The highest BCUT2D eigenvalue weighted by Crippen LogP contribution is 2.36. The average Bonchev–Trinajstić information content (AvgIpc) is 2.54. The first-order valence-corrected chi connectivity index (χ1v) is 7.93. The lowest BCUT2D eigenvalue weighted by Gasteiger charge is -2.29. The summed E-state index contributed by atoms with van der Waals surface area (Å²) in [7, 11) is 0. The molecule has 0 saturated heterocycles. The van der Waals surface area contributed by atoms with Crippen molar-refractivity contribution in [1.29, 1.82) is 0 Å². The summed E-state index contributed by atoms with van der Waals surface area (Å²) in [6.45, 7) is 10.6. The van der Waals surface area contributed by atoms with Crippen molar-refractivity contribution in [2.24, 2.45) is 11.3 Å². The topological polar surface area (TPSA) is 41.1 Å². The molecule has 2 N–H and O–H groups in total. The van der Waals surface area contributed by atoms with Gasteiger partial charge in [0.05, 0.1) is 0 Å². The molecule has 0 radical (unpaired) electrons. The number of nitrogens with one attached hydrogen (secondary N) is 2. The molecule has 112 valence electrons. The van der Waals surface area contributed by atoms with E-state index in [-0.39, 0.29) is 5.91 Å². The molecule has 0 aliphatic heterocycles. The van der Waals surface area contributed by atoms with Crippen LogP contribution < -0.4 is 10.6 Å². The average molecular weight is 268 g/mol. The Morgan fingerprint density at radius 2 is 1.89 bits per heavy atom. The van der Waals surface area contributed by atoms with E-state index in [2.05, 4.69) is 31.4 Å².